The van der Waals surface area contributed by atoms with Gasteiger partial charge < -0.3 is 9.72 Å². The van der Waals surface area contributed by atoms with Gasteiger partial charge in [-0.2, -0.15) is 0 Å². The molecule has 0 aromatic carbocycles. The lowest BCUT2D eigenvalue weighted by Gasteiger charge is -2.11. The topological polar surface area (TPSA) is 42.2 Å². The van der Waals surface area contributed by atoms with Crippen LogP contribution in [0.5, 0.6) is 0 Å². The van der Waals surface area contributed by atoms with Gasteiger partial charge in [-0.1, -0.05) is 20.3 Å². The third kappa shape index (κ3) is 2.35. The molecule has 5 heteroatoms. The first-order chi connectivity index (χ1) is 7.70. The van der Waals surface area contributed by atoms with E-state index in [1.807, 2.05) is 16.8 Å². The number of fused-ring (bicyclic) bond motifs is 1. The highest BCUT2D eigenvalue weighted by Crippen LogP contribution is 2.17. The van der Waals surface area contributed by atoms with Gasteiger partial charge in [-0.15, -0.1) is 0 Å². The number of hydrogen-bond acceptors (Lipinski definition) is 3. The lowest BCUT2D eigenvalue weighted by molar-refractivity contribution is 0.592. The summed E-state index contributed by atoms with van der Waals surface area (Å²) < 4.78 is 2.76. The van der Waals surface area contributed by atoms with Gasteiger partial charge in [0.05, 0.1) is 0 Å². The molecule has 4 nitrogen and oxygen atoms in total. The van der Waals surface area contributed by atoms with Crippen molar-refractivity contribution in [2.24, 2.45) is 5.92 Å². The second-order valence-electron chi connectivity index (χ2n) is 3.96. The third-order valence-corrected chi connectivity index (χ3v) is 3.04. The van der Waals surface area contributed by atoms with E-state index < -0.39 is 0 Å². The van der Waals surface area contributed by atoms with Crippen LogP contribution in [0.4, 0.5) is 5.82 Å². The first kappa shape index (κ1) is 11.4. The van der Waals surface area contributed by atoms with Gasteiger partial charge in [0.25, 0.3) is 0 Å². The second-order valence-corrected chi connectivity index (χ2v) is 4.78. The molecule has 2 aromatic heterocycles. The number of nitrogens with zero attached hydrogens (tertiary/aromatic N) is 3. The van der Waals surface area contributed by atoms with E-state index in [0.29, 0.717) is 5.92 Å². The van der Waals surface area contributed by atoms with Gasteiger partial charge in [0, 0.05) is 25.1 Å². The molecule has 1 unspecified atom stereocenters. The Morgan fingerprint density at radius 3 is 3.12 bits per heavy atom. The third-order valence-electron chi connectivity index (χ3n) is 2.66. The normalized spacial score (nSPS) is 12.9. The molecule has 0 spiro atoms. The number of rotatable bonds is 4. The summed E-state index contributed by atoms with van der Waals surface area (Å²) in [5, 5.41) is 3.34. The van der Waals surface area contributed by atoms with E-state index in [1.165, 1.54) is 0 Å². The molecule has 0 aliphatic heterocycles. The highest BCUT2D eigenvalue weighted by atomic mass is 79.9. The van der Waals surface area contributed by atoms with E-state index in [4.69, 9.17) is 0 Å². The average Bonchev–Trinajstić information content (AvgIpc) is 2.73. The molecule has 0 bridgehead atoms. The van der Waals surface area contributed by atoms with Crippen molar-refractivity contribution < 1.29 is 0 Å². The molecule has 0 saturated heterocycles. The summed E-state index contributed by atoms with van der Waals surface area (Å²) in [5.41, 5.74) is 0.867. The molecule has 0 aliphatic rings. The Morgan fingerprint density at radius 2 is 2.38 bits per heavy atom. The van der Waals surface area contributed by atoms with E-state index in [-0.39, 0.29) is 0 Å². The minimum Gasteiger partial charge on any atom is -0.367 e. The first-order valence-corrected chi connectivity index (χ1v) is 6.23. The number of nitrogens with one attached hydrogen (secondary N) is 1. The Kier molecular flexibility index (Phi) is 3.43. The number of hydrogen-bond donors (Lipinski definition) is 1. The Hall–Kier alpha value is -1.10. The van der Waals surface area contributed by atoms with Crippen LogP contribution in [0.1, 0.15) is 20.3 Å². The first-order valence-electron chi connectivity index (χ1n) is 5.43. The summed E-state index contributed by atoms with van der Waals surface area (Å²) in [6.45, 7) is 5.32. The van der Waals surface area contributed by atoms with Crippen LogP contribution in [0.2, 0.25) is 0 Å². The van der Waals surface area contributed by atoms with E-state index in [1.54, 1.807) is 6.20 Å². The van der Waals surface area contributed by atoms with Crippen molar-refractivity contribution >= 4 is 27.4 Å². The summed E-state index contributed by atoms with van der Waals surface area (Å²) in [6.07, 6.45) is 6.75. The Morgan fingerprint density at radius 1 is 1.56 bits per heavy atom. The van der Waals surface area contributed by atoms with E-state index in [9.17, 15) is 0 Å². The molecule has 0 aliphatic carbocycles. The molecule has 2 rings (SSSR count). The fraction of sp³-hybridized carbons (Fsp3) is 0.455. The van der Waals surface area contributed by atoms with Crippen molar-refractivity contribution in [1.82, 2.24) is 14.4 Å². The summed E-state index contributed by atoms with van der Waals surface area (Å²) in [6, 6.07) is 0. The summed E-state index contributed by atoms with van der Waals surface area (Å²) >= 11 is 3.39. The fourth-order valence-corrected chi connectivity index (χ4v) is 1.83. The number of imidazole rings is 1. The van der Waals surface area contributed by atoms with Crippen LogP contribution in [0.15, 0.2) is 23.2 Å². The van der Waals surface area contributed by atoms with Gasteiger partial charge in [-0.3, -0.25) is 0 Å². The highest BCUT2D eigenvalue weighted by molar-refractivity contribution is 9.10. The Bertz CT molecular complexity index is 480. The van der Waals surface area contributed by atoms with Crippen LogP contribution >= 0.6 is 15.9 Å². The maximum absolute atomic E-state index is 4.40. The van der Waals surface area contributed by atoms with E-state index in [0.717, 1.165) is 29.0 Å². The van der Waals surface area contributed by atoms with Gasteiger partial charge in [0.1, 0.15) is 4.60 Å². The maximum Gasteiger partial charge on any atom is 0.180 e. The fourth-order valence-electron chi connectivity index (χ4n) is 1.43. The largest absolute Gasteiger partial charge is 0.367 e. The quantitative estimate of drug-likeness (QED) is 0.938. The molecule has 2 heterocycles. The van der Waals surface area contributed by atoms with Gasteiger partial charge in [0.2, 0.25) is 0 Å². The predicted molar refractivity (Wildman–Crippen MR) is 68.6 cm³/mol. The van der Waals surface area contributed by atoms with Crippen molar-refractivity contribution in [3.63, 3.8) is 0 Å². The van der Waals surface area contributed by atoms with Gasteiger partial charge in [-0.25, -0.2) is 9.97 Å². The highest BCUT2D eigenvalue weighted by Gasteiger charge is 2.07. The van der Waals surface area contributed by atoms with Crippen LogP contribution < -0.4 is 5.32 Å². The molecular weight excluding hydrogens is 268 g/mol. The molecule has 0 saturated carbocycles. The van der Waals surface area contributed by atoms with Crippen LogP contribution in [0.3, 0.4) is 0 Å². The molecule has 0 radical (unpaired) electrons. The molecule has 0 amide bonds. The standard InChI is InChI=1S/C11H15BrN4/c1-3-8(2)6-14-10-11-13-4-5-16(11)7-9(12)15-10/h4-5,7-8H,3,6H2,1-2H3,(H,14,15). The number of aromatic nitrogens is 3. The van der Waals surface area contributed by atoms with Crippen molar-refractivity contribution in [3.05, 3.63) is 23.2 Å². The van der Waals surface area contributed by atoms with Crippen LogP contribution in [0, 0.1) is 5.92 Å². The summed E-state index contributed by atoms with van der Waals surface area (Å²) in [7, 11) is 0. The number of halogens is 1. The second kappa shape index (κ2) is 4.82. The van der Waals surface area contributed by atoms with Crippen molar-refractivity contribution in [2.75, 3.05) is 11.9 Å². The SMILES string of the molecule is CCC(C)CNc1nc(Br)cn2ccnc12. The molecular formula is C11H15BrN4. The zero-order valence-corrected chi connectivity index (χ0v) is 11.0. The maximum atomic E-state index is 4.40. The number of anilines is 1. The van der Waals surface area contributed by atoms with Crippen molar-refractivity contribution in [1.29, 1.82) is 0 Å². The minimum atomic E-state index is 0.635. The molecule has 1 atom stereocenters. The monoisotopic (exact) mass is 282 g/mol. The Balaban J connectivity index is 2.25. The van der Waals surface area contributed by atoms with Crippen molar-refractivity contribution in [3.8, 4) is 0 Å². The van der Waals surface area contributed by atoms with Crippen LogP contribution in [0.25, 0.3) is 5.65 Å². The van der Waals surface area contributed by atoms with Gasteiger partial charge >= 0.3 is 0 Å². The molecule has 0 fully saturated rings. The van der Waals surface area contributed by atoms with Crippen molar-refractivity contribution in [2.45, 2.75) is 20.3 Å². The zero-order chi connectivity index (χ0) is 11.5. The molecule has 16 heavy (non-hydrogen) atoms. The van der Waals surface area contributed by atoms with Crippen LogP contribution in [-0.4, -0.2) is 20.9 Å². The van der Waals surface area contributed by atoms with Gasteiger partial charge in [0.15, 0.2) is 11.5 Å². The minimum absolute atomic E-state index is 0.635. The molecule has 86 valence electrons. The van der Waals surface area contributed by atoms with Crippen LogP contribution in [-0.2, 0) is 0 Å². The summed E-state index contributed by atoms with van der Waals surface area (Å²) in [4.78, 5) is 8.68. The smallest absolute Gasteiger partial charge is 0.180 e. The van der Waals surface area contributed by atoms with E-state index >= 15 is 0 Å². The molecule has 2 aromatic rings. The summed E-state index contributed by atoms with van der Waals surface area (Å²) in [5.74, 6) is 1.47. The lowest BCUT2D eigenvalue weighted by atomic mass is 10.1. The lowest BCUT2D eigenvalue weighted by Crippen LogP contribution is -2.12. The van der Waals surface area contributed by atoms with Gasteiger partial charge in [-0.05, 0) is 21.8 Å². The van der Waals surface area contributed by atoms with E-state index in [2.05, 4.69) is 45.1 Å². The Labute approximate surface area is 103 Å². The molecule has 1 N–H and O–H groups in total. The zero-order valence-electron chi connectivity index (χ0n) is 9.44. The predicted octanol–water partition coefficient (Wildman–Crippen LogP) is 2.95. The average molecular weight is 283 g/mol.